The Hall–Kier alpha value is -3.35. The van der Waals surface area contributed by atoms with Gasteiger partial charge in [0.05, 0.1) is 7.11 Å². The number of carbonyl (C=O) groups is 1. The molecule has 0 bridgehead atoms. The molecule has 1 saturated heterocycles. The number of ether oxygens (including phenoxy) is 1. The molecule has 37 heavy (non-hydrogen) atoms. The van der Waals surface area contributed by atoms with E-state index in [1.807, 2.05) is 23.1 Å². The number of nitrogens with zero attached hydrogens (tertiary/aromatic N) is 4. The lowest BCUT2D eigenvalue weighted by atomic mass is 10.1. The second-order valence-electron chi connectivity index (χ2n) is 10.3. The first-order valence-corrected chi connectivity index (χ1v) is 13.3. The lowest BCUT2D eigenvalue weighted by molar-refractivity contribution is 0.0638. The molecular formula is C31H38N4O2. The average Bonchev–Trinajstić information content (AvgIpc) is 3.25. The number of hydrogen-bond acceptors (Lipinski definition) is 4. The van der Waals surface area contributed by atoms with Crippen molar-refractivity contribution < 1.29 is 9.53 Å². The molecular weight excluding hydrogens is 460 g/mol. The number of piperazine rings is 1. The predicted octanol–water partition coefficient (Wildman–Crippen LogP) is 4.76. The number of amides is 1. The molecule has 0 N–H and O–H groups in total. The van der Waals surface area contributed by atoms with Crippen molar-refractivity contribution >= 4 is 27.7 Å². The largest absolute Gasteiger partial charge is 0.497 e. The molecule has 0 atom stereocenters. The fraction of sp³-hybridized carbons (Fsp3) is 0.387. The van der Waals surface area contributed by atoms with E-state index in [1.165, 1.54) is 21.9 Å². The number of rotatable bonds is 9. The summed E-state index contributed by atoms with van der Waals surface area (Å²) in [5.41, 5.74) is 4.50. The Kier molecular flexibility index (Phi) is 7.77. The summed E-state index contributed by atoms with van der Waals surface area (Å²) in [5.74, 6) is 1.03. The zero-order chi connectivity index (χ0) is 25.8. The van der Waals surface area contributed by atoms with Crippen molar-refractivity contribution in [2.75, 3.05) is 60.5 Å². The van der Waals surface area contributed by atoms with Gasteiger partial charge in [-0.2, -0.15) is 0 Å². The van der Waals surface area contributed by atoms with E-state index in [4.69, 9.17) is 4.74 Å². The van der Waals surface area contributed by atoms with Crippen molar-refractivity contribution in [3.05, 3.63) is 77.9 Å². The minimum Gasteiger partial charge on any atom is -0.497 e. The number of methoxy groups -OCH3 is 1. The highest BCUT2D eigenvalue weighted by atomic mass is 16.5. The van der Waals surface area contributed by atoms with Crippen LogP contribution in [0.4, 0.5) is 0 Å². The molecule has 194 valence electrons. The second kappa shape index (κ2) is 11.4. The smallest absolute Gasteiger partial charge is 0.254 e. The number of aromatic nitrogens is 1. The molecule has 1 fully saturated rings. The first-order valence-electron chi connectivity index (χ1n) is 13.3. The van der Waals surface area contributed by atoms with Crippen LogP contribution >= 0.6 is 0 Å². The van der Waals surface area contributed by atoms with Gasteiger partial charge in [-0.1, -0.05) is 36.4 Å². The van der Waals surface area contributed by atoms with Crippen molar-refractivity contribution in [2.24, 2.45) is 0 Å². The van der Waals surface area contributed by atoms with Crippen LogP contribution in [0.2, 0.25) is 0 Å². The Bertz CT molecular complexity index is 1350. The number of benzene rings is 3. The van der Waals surface area contributed by atoms with Gasteiger partial charge in [-0.25, -0.2) is 0 Å². The molecule has 5 rings (SSSR count). The third-order valence-corrected chi connectivity index (χ3v) is 7.54. The summed E-state index contributed by atoms with van der Waals surface area (Å²) in [6.45, 7) is 6.34. The Morgan fingerprint density at radius 1 is 0.865 bits per heavy atom. The van der Waals surface area contributed by atoms with Crippen LogP contribution in [0.25, 0.3) is 21.8 Å². The third kappa shape index (κ3) is 5.65. The summed E-state index contributed by atoms with van der Waals surface area (Å²) in [5, 5.41) is 2.48. The van der Waals surface area contributed by atoms with Crippen LogP contribution in [-0.4, -0.2) is 85.6 Å². The maximum atomic E-state index is 13.5. The van der Waals surface area contributed by atoms with E-state index in [-0.39, 0.29) is 5.91 Å². The number of para-hydroxylation sites is 1. The summed E-state index contributed by atoms with van der Waals surface area (Å²) in [6.07, 6.45) is 2.07. The van der Waals surface area contributed by atoms with E-state index < -0.39 is 0 Å². The Morgan fingerprint density at radius 3 is 2.32 bits per heavy atom. The zero-order valence-corrected chi connectivity index (χ0v) is 22.3. The van der Waals surface area contributed by atoms with Crippen LogP contribution in [0, 0.1) is 0 Å². The lowest BCUT2D eigenvalue weighted by Gasteiger charge is -2.34. The number of carbonyl (C=O) groups excluding carboxylic acids is 1. The molecule has 0 radical (unpaired) electrons. The maximum absolute atomic E-state index is 13.5. The first-order chi connectivity index (χ1) is 18.0. The molecule has 1 aliphatic rings. The average molecular weight is 499 g/mol. The van der Waals surface area contributed by atoms with Crippen LogP contribution in [0.1, 0.15) is 22.3 Å². The Labute approximate surface area is 220 Å². The molecule has 2 heterocycles. The van der Waals surface area contributed by atoms with E-state index >= 15 is 0 Å². The molecule has 4 aromatic rings. The quantitative estimate of drug-likeness (QED) is 0.334. The lowest BCUT2D eigenvalue weighted by Crippen LogP contribution is -2.49. The molecule has 3 aromatic carbocycles. The van der Waals surface area contributed by atoms with Gasteiger partial charge in [0.25, 0.3) is 5.91 Å². The molecule has 1 aromatic heterocycles. The highest BCUT2D eigenvalue weighted by molar-refractivity contribution is 6.10. The van der Waals surface area contributed by atoms with E-state index in [9.17, 15) is 4.79 Å². The zero-order valence-electron chi connectivity index (χ0n) is 22.3. The molecule has 0 spiro atoms. The number of hydrogen-bond donors (Lipinski definition) is 0. The van der Waals surface area contributed by atoms with Crippen molar-refractivity contribution in [3.63, 3.8) is 0 Å². The predicted molar refractivity (Wildman–Crippen MR) is 152 cm³/mol. The summed E-state index contributed by atoms with van der Waals surface area (Å²) in [7, 11) is 5.92. The summed E-state index contributed by atoms with van der Waals surface area (Å²) in [4.78, 5) is 20.2. The van der Waals surface area contributed by atoms with Gasteiger partial charge in [0.2, 0.25) is 0 Å². The fourth-order valence-electron chi connectivity index (χ4n) is 5.40. The number of fused-ring (bicyclic) bond motifs is 3. The van der Waals surface area contributed by atoms with Gasteiger partial charge >= 0.3 is 0 Å². The van der Waals surface area contributed by atoms with Gasteiger partial charge in [0, 0.05) is 66.6 Å². The number of aryl methyl sites for hydroxylation is 1. The molecule has 1 amide bonds. The van der Waals surface area contributed by atoms with E-state index in [2.05, 4.69) is 77.0 Å². The van der Waals surface area contributed by atoms with Crippen LogP contribution < -0.4 is 4.74 Å². The summed E-state index contributed by atoms with van der Waals surface area (Å²) < 4.78 is 7.65. The second-order valence-corrected chi connectivity index (χ2v) is 10.3. The SMILES string of the molecule is COc1ccc(CCN2CCN(C(=O)c3ccc4c5ccccc5n(CCCN(C)C)c4c3)CC2)cc1. The minimum atomic E-state index is 0.141. The van der Waals surface area contributed by atoms with Gasteiger partial charge in [0.15, 0.2) is 0 Å². The van der Waals surface area contributed by atoms with Crippen LogP contribution in [-0.2, 0) is 13.0 Å². The molecule has 0 unspecified atom stereocenters. The molecule has 6 nitrogen and oxygen atoms in total. The van der Waals surface area contributed by atoms with Gasteiger partial charge < -0.3 is 19.1 Å². The summed E-state index contributed by atoms with van der Waals surface area (Å²) >= 11 is 0. The van der Waals surface area contributed by atoms with E-state index in [0.29, 0.717) is 0 Å². The molecule has 0 saturated carbocycles. The molecule has 1 aliphatic heterocycles. The Morgan fingerprint density at radius 2 is 1.59 bits per heavy atom. The molecule has 0 aliphatic carbocycles. The maximum Gasteiger partial charge on any atom is 0.254 e. The molecule has 6 heteroatoms. The van der Waals surface area contributed by atoms with Crippen molar-refractivity contribution in [3.8, 4) is 5.75 Å². The Balaban J connectivity index is 1.26. The highest BCUT2D eigenvalue weighted by Crippen LogP contribution is 2.30. The third-order valence-electron chi connectivity index (χ3n) is 7.54. The van der Waals surface area contributed by atoms with E-state index in [0.717, 1.165) is 75.5 Å². The van der Waals surface area contributed by atoms with E-state index in [1.54, 1.807) is 7.11 Å². The van der Waals surface area contributed by atoms with Crippen molar-refractivity contribution in [1.29, 1.82) is 0 Å². The fourth-order valence-corrected chi connectivity index (χ4v) is 5.40. The van der Waals surface area contributed by atoms with Gasteiger partial charge in [-0.3, -0.25) is 9.69 Å². The minimum absolute atomic E-state index is 0.141. The standard InChI is InChI=1S/C31H38N4O2/c1-32(2)16-6-17-35-29-8-5-4-7-27(29)28-14-11-25(23-30(28)35)31(36)34-21-19-33(20-22-34)18-15-24-9-12-26(37-3)13-10-24/h4-5,7-14,23H,6,15-22H2,1-3H3. The summed E-state index contributed by atoms with van der Waals surface area (Å²) in [6, 6.07) is 23.1. The van der Waals surface area contributed by atoms with Crippen molar-refractivity contribution in [2.45, 2.75) is 19.4 Å². The topological polar surface area (TPSA) is 41.0 Å². The van der Waals surface area contributed by atoms with Crippen molar-refractivity contribution in [1.82, 2.24) is 19.3 Å². The normalized spacial score (nSPS) is 14.6. The van der Waals surface area contributed by atoms with Gasteiger partial charge in [0.1, 0.15) is 5.75 Å². The highest BCUT2D eigenvalue weighted by Gasteiger charge is 2.23. The van der Waals surface area contributed by atoms with Crippen LogP contribution in [0.5, 0.6) is 5.75 Å². The van der Waals surface area contributed by atoms with Crippen LogP contribution in [0.15, 0.2) is 66.7 Å². The first kappa shape index (κ1) is 25.3. The van der Waals surface area contributed by atoms with Gasteiger partial charge in [-0.15, -0.1) is 0 Å². The van der Waals surface area contributed by atoms with Crippen LogP contribution in [0.3, 0.4) is 0 Å². The van der Waals surface area contributed by atoms with Gasteiger partial charge in [-0.05, 0) is 69.4 Å². The monoisotopic (exact) mass is 498 g/mol.